The second-order valence-electron chi connectivity index (χ2n) is 8.13. The van der Waals surface area contributed by atoms with E-state index >= 15 is 0 Å². The number of anilines is 2. The average molecular weight is 458 g/mol. The summed E-state index contributed by atoms with van der Waals surface area (Å²) in [6.45, 7) is 0.218. The number of thioether (sulfide) groups is 1. The average Bonchev–Trinajstić information content (AvgIpc) is 3.21. The fourth-order valence-electron chi connectivity index (χ4n) is 4.70. The predicted molar refractivity (Wildman–Crippen MR) is 129 cm³/mol. The molecule has 0 bridgehead atoms. The Bertz CT molecular complexity index is 1250. The van der Waals surface area contributed by atoms with Crippen molar-refractivity contribution in [3.8, 4) is 0 Å². The van der Waals surface area contributed by atoms with Gasteiger partial charge in [0.1, 0.15) is 0 Å². The van der Waals surface area contributed by atoms with Crippen molar-refractivity contribution < 1.29 is 14.4 Å². The van der Waals surface area contributed by atoms with Crippen molar-refractivity contribution in [3.63, 3.8) is 0 Å². The summed E-state index contributed by atoms with van der Waals surface area (Å²) in [6, 6.07) is 24.1. The Kier molecular flexibility index (Phi) is 5.42. The number of nitrogens with zero attached hydrogens (tertiary/aromatic N) is 2. The summed E-state index contributed by atoms with van der Waals surface area (Å²) >= 11 is 1.58. The zero-order chi connectivity index (χ0) is 23.0. The topological polar surface area (TPSA) is 69.7 Å². The minimum Gasteiger partial charge on any atom is -0.322 e. The number of benzene rings is 3. The van der Waals surface area contributed by atoms with Crippen LogP contribution in [0.15, 0.2) is 83.8 Å². The van der Waals surface area contributed by atoms with Crippen molar-refractivity contribution in [3.05, 3.63) is 90.0 Å². The van der Waals surface area contributed by atoms with Crippen LogP contribution in [0.2, 0.25) is 0 Å². The highest BCUT2D eigenvalue weighted by Gasteiger charge is 2.60. The summed E-state index contributed by atoms with van der Waals surface area (Å²) in [4.78, 5) is 44.9. The van der Waals surface area contributed by atoms with Gasteiger partial charge in [-0.1, -0.05) is 48.5 Å². The Morgan fingerprint density at radius 1 is 1.00 bits per heavy atom. The molecule has 0 unspecified atom stereocenters. The summed E-state index contributed by atoms with van der Waals surface area (Å²) in [5, 5.41) is 3.00. The summed E-state index contributed by atoms with van der Waals surface area (Å²) in [5.74, 6) is -0.806. The monoisotopic (exact) mass is 457 g/mol. The molecular weight excluding hydrogens is 434 g/mol. The molecule has 7 heteroatoms. The van der Waals surface area contributed by atoms with Crippen LogP contribution in [0.4, 0.5) is 11.4 Å². The van der Waals surface area contributed by atoms with Crippen LogP contribution >= 0.6 is 11.8 Å². The van der Waals surface area contributed by atoms with Crippen molar-refractivity contribution >= 4 is 40.9 Å². The third kappa shape index (κ3) is 3.49. The molecule has 3 amide bonds. The lowest BCUT2D eigenvalue weighted by molar-refractivity contribution is -0.129. The second-order valence-corrected chi connectivity index (χ2v) is 9.01. The van der Waals surface area contributed by atoms with E-state index in [1.54, 1.807) is 40.9 Å². The number of amides is 3. The number of carbonyl (C=O) groups is 3. The highest BCUT2D eigenvalue weighted by molar-refractivity contribution is 7.98. The van der Waals surface area contributed by atoms with E-state index in [-0.39, 0.29) is 37.1 Å². The summed E-state index contributed by atoms with van der Waals surface area (Å²) < 4.78 is 0. The highest BCUT2D eigenvalue weighted by Crippen LogP contribution is 2.45. The summed E-state index contributed by atoms with van der Waals surface area (Å²) in [7, 11) is 0. The molecule has 166 valence electrons. The predicted octanol–water partition coefficient (Wildman–Crippen LogP) is 4.53. The molecule has 33 heavy (non-hydrogen) atoms. The van der Waals surface area contributed by atoms with E-state index in [1.165, 1.54) is 4.90 Å². The van der Waals surface area contributed by atoms with Crippen LogP contribution in [0.1, 0.15) is 28.8 Å². The maximum absolute atomic E-state index is 14.0. The van der Waals surface area contributed by atoms with Crippen molar-refractivity contribution in [1.82, 2.24) is 4.90 Å². The lowest BCUT2D eigenvalue weighted by Gasteiger charge is -2.49. The molecule has 0 saturated carbocycles. The molecule has 3 aromatic carbocycles. The van der Waals surface area contributed by atoms with Crippen molar-refractivity contribution in [2.45, 2.75) is 29.9 Å². The Morgan fingerprint density at radius 3 is 2.55 bits per heavy atom. The van der Waals surface area contributed by atoms with Gasteiger partial charge in [-0.25, -0.2) is 0 Å². The first-order valence-corrected chi connectivity index (χ1v) is 12.0. The molecule has 1 fully saturated rings. The Morgan fingerprint density at radius 2 is 1.76 bits per heavy atom. The maximum Gasteiger partial charge on any atom is 0.271 e. The lowest BCUT2D eigenvalue weighted by Crippen LogP contribution is -2.69. The molecule has 0 radical (unpaired) electrons. The highest BCUT2D eigenvalue weighted by atomic mass is 32.2. The molecule has 0 aliphatic carbocycles. The Labute approximate surface area is 196 Å². The van der Waals surface area contributed by atoms with E-state index in [1.807, 2.05) is 60.9 Å². The Balaban J connectivity index is 1.63. The first kappa shape index (κ1) is 21.3. The van der Waals surface area contributed by atoms with Crippen LogP contribution in [-0.4, -0.2) is 34.5 Å². The third-order valence-electron chi connectivity index (χ3n) is 6.25. The van der Waals surface area contributed by atoms with Gasteiger partial charge in [-0.15, -0.1) is 11.8 Å². The van der Waals surface area contributed by atoms with Gasteiger partial charge in [0.15, 0.2) is 0 Å². The SMILES string of the molecule is CSc1cccc(NC(=O)[C@@]23CCC(=O)N2c2ccccc2C(=O)N3Cc2ccccc2)c1. The standard InChI is InChI=1S/C26H23N3O3S/c1-33-20-11-7-10-19(16-20)27-25(32)26-15-14-23(30)29(26)22-13-6-5-12-21(22)24(31)28(26)17-18-8-3-2-4-9-18/h2-13,16H,14-15,17H2,1H3,(H,27,32)/t26-/m1/s1. The molecule has 1 saturated heterocycles. The molecule has 6 nitrogen and oxygen atoms in total. The zero-order valence-corrected chi connectivity index (χ0v) is 19.0. The van der Waals surface area contributed by atoms with Crippen LogP contribution in [0, 0.1) is 0 Å². The molecule has 5 rings (SSSR count). The van der Waals surface area contributed by atoms with Crippen LogP contribution in [0.3, 0.4) is 0 Å². The van der Waals surface area contributed by atoms with Crippen LogP contribution in [0.5, 0.6) is 0 Å². The van der Waals surface area contributed by atoms with Gasteiger partial charge in [0, 0.05) is 30.0 Å². The van der Waals surface area contributed by atoms with Crippen molar-refractivity contribution in [2.24, 2.45) is 0 Å². The van der Waals surface area contributed by atoms with E-state index in [4.69, 9.17) is 0 Å². The zero-order valence-electron chi connectivity index (χ0n) is 18.2. The molecule has 0 spiro atoms. The molecule has 2 aliphatic rings. The number of hydrogen-bond donors (Lipinski definition) is 1. The first-order chi connectivity index (χ1) is 16.0. The first-order valence-electron chi connectivity index (χ1n) is 10.8. The number of hydrogen-bond acceptors (Lipinski definition) is 4. The van der Waals surface area contributed by atoms with Gasteiger partial charge in [-0.3, -0.25) is 19.3 Å². The van der Waals surface area contributed by atoms with Gasteiger partial charge < -0.3 is 10.2 Å². The smallest absolute Gasteiger partial charge is 0.271 e. The Hall–Kier alpha value is -3.58. The van der Waals surface area contributed by atoms with Gasteiger partial charge in [0.25, 0.3) is 11.8 Å². The summed E-state index contributed by atoms with van der Waals surface area (Å²) in [5.41, 5.74) is 1.000. The number of nitrogens with one attached hydrogen (secondary N) is 1. The third-order valence-corrected chi connectivity index (χ3v) is 6.97. The lowest BCUT2D eigenvalue weighted by atomic mass is 9.94. The maximum atomic E-state index is 14.0. The van der Waals surface area contributed by atoms with Crippen LogP contribution in [0.25, 0.3) is 0 Å². The van der Waals surface area contributed by atoms with Crippen LogP contribution < -0.4 is 10.2 Å². The van der Waals surface area contributed by atoms with E-state index in [9.17, 15) is 14.4 Å². The number of para-hydroxylation sites is 1. The van der Waals surface area contributed by atoms with Gasteiger partial charge in [0.05, 0.1) is 11.3 Å². The fraction of sp³-hybridized carbons (Fsp3) is 0.192. The van der Waals surface area contributed by atoms with Gasteiger partial charge in [-0.2, -0.15) is 0 Å². The largest absolute Gasteiger partial charge is 0.322 e. The van der Waals surface area contributed by atoms with Crippen molar-refractivity contribution in [1.29, 1.82) is 0 Å². The van der Waals surface area contributed by atoms with Crippen LogP contribution in [-0.2, 0) is 16.1 Å². The van der Waals surface area contributed by atoms with Crippen molar-refractivity contribution in [2.75, 3.05) is 16.5 Å². The molecule has 2 aliphatic heterocycles. The molecule has 1 atom stereocenters. The van der Waals surface area contributed by atoms with Gasteiger partial charge in [0.2, 0.25) is 11.6 Å². The minimum atomic E-state index is -1.44. The fourth-order valence-corrected chi connectivity index (χ4v) is 5.16. The quantitative estimate of drug-likeness (QED) is 0.572. The van der Waals surface area contributed by atoms with Gasteiger partial charge in [-0.05, 0) is 42.2 Å². The van der Waals surface area contributed by atoms with E-state index in [0.717, 1.165) is 10.5 Å². The molecule has 1 N–H and O–H groups in total. The number of carbonyl (C=O) groups excluding carboxylic acids is 3. The molecule has 2 heterocycles. The van der Waals surface area contributed by atoms with Gasteiger partial charge >= 0.3 is 0 Å². The number of rotatable bonds is 5. The minimum absolute atomic E-state index is 0.166. The second kappa shape index (κ2) is 8.41. The molecule has 3 aromatic rings. The normalized spacial score (nSPS) is 19.3. The molecule has 0 aromatic heterocycles. The summed E-state index contributed by atoms with van der Waals surface area (Å²) in [6.07, 6.45) is 2.38. The number of fused-ring (bicyclic) bond motifs is 3. The van der Waals surface area contributed by atoms with E-state index in [0.29, 0.717) is 16.9 Å². The van der Waals surface area contributed by atoms with E-state index < -0.39 is 5.66 Å². The van der Waals surface area contributed by atoms with E-state index in [2.05, 4.69) is 5.32 Å². The molecular formula is C26H23N3O3S.